The van der Waals surface area contributed by atoms with Crippen LogP contribution >= 0.6 is 15.9 Å². The summed E-state index contributed by atoms with van der Waals surface area (Å²) in [5.41, 5.74) is 8.18. The lowest BCUT2D eigenvalue weighted by Gasteiger charge is -2.27. The number of allylic oxidation sites excluding steroid dienone is 1. The fourth-order valence-corrected chi connectivity index (χ4v) is 4.02. The molecule has 0 radical (unpaired) electrons. The molecule has 0 spiro atoms. The van der Waals surface area contributed by atoms with Gasteiger partial charge in [0.2, 0.25) is 5.88 Å². The number of nitrogens with zero attached hydrogens (tertiary/aromatic N) is 1. The number of ether oxygens (including phenoxy) is 4. The molecular formula is C25H19BrN2O5. The number of nitriles is 1. The van der Waals surface area contributed by atoms with Crippen LogP contribution in [0, 0.1) is 11.3 Å². The van der Waals surface area contributed by atoms with E-state index in [1.165, 1.54) is 0 Å². The number of hydrogen-bond acceptors (Lipinski definition) is 7. The Morgan fingerprint density at radius 1 is 1.00 bits per heavy atom. The van der Waals surface area contributed by atoms with E-state index in [0.29, 0.717) is 28.4 Å². The van der Waals surface area contributed by atoms with Crippen molar-refractivity contribution in [2.45, 2.75) is 5.92 Å². The highest BCUT2D eigenvalue weighted by atomic mass is 79.9. The summed E-state index contributed by atoms with van der Waals surface area (Å²) in [4.78, 5) is 12.5. The third-order valence-corrected chi connectivity index (χ3v) is 5.72. The summed E-state index contributed by atoms with van der Waals surface area (Å²) < 4.78 is 22.7. The van der Waals surface area contributed by atoms with Crippen molar-refractivity contribution in [3.63, 3.8) is 0 Å². The predicted molar refractivity (Wildman–Crippen MR) is 124 cm³/mol. The molecule has 33 heavy (non-hydrogen) atoms. The van der Waals surface area contributed by atoms with E-state index in [1.807, 2.05) is 18.2 Å². The molecule has 1 unspecified atom stereocenters. The number of nitrogens with two attached hydrogens (primary N) is 1. The number of carbonyl (C=O) groups is 1. The van der Waals surface area contributed by atoms with Gasteiger partial charge < -0.3 is 24.7 Å². The quantitative estimate of drug-likeness (QED) is 0.387. The number of esters is 1. The van der Waals surface area contributed by atoms with Gasteiger partial charge in [0.1, 0.15) is 34.6 Å². The van der Waals surface area contributed by atoms with E-state index < -0.39 is 11.9 Å². The van der Waals surface area contributed by atoms with Gasteiger partial charge in [0.05, 0.1) is 25.7 Å². The molecule has 3 aromatic rings. The fraction of sp³-hybridized carbons (Fsp3) is 0.120. The first-order valence-corrected chi connectivity index (χ1v) is 10.7. The van der Waals surface area contributed by atoms with Crippen LogP contribution in [0.15, 0.2) is 76.6 Å². The molecule has 1 heterocycles. The third kappa shape index (κ3) is 4.36. The van der Waals surface area contributed by atoms with Crippen LogP contribution in [-0.2, 0) is 0 Å². The van der Waals surface area contributed by atoms with Crippen LogP contribution in [0.5, 0.6) is 23.0 Å². The summed E-state index contributed by atoms with van der Waals surface area (Å²) in [7, 11) is 3.11. The molecule has 0 aliphatic carbocycles. The van der Waals surface area contributed by atoms with Gasteiger partial charge in [-0.1, -0.05) is 22.0 Å². The van der Waals surface area contributed by atoms with E-state index in [2.05, 4.69) is 22.0 Å². The molecule has 4 rings (SSSR count). The first-order valence-electron chi connectivity index (χ1n) is 9.86. The average molecular weight is 507 g/mol. The summed E-state index contributed by atoms with van der Waals surface area (Å²) in [5, 5.41) is 9.79. The van der Waals surface area contributed by atoms with Crippen molar-refractivity contribution in [3.05, 3.63) is 93.3 Å². The summed E-state index contributed by atoms with van der Waals surface area (Å²) >= 11 is 3.48. The molecule has 7 nitrogen and oxygen atoms in total. The number of methoxy groups -OCH3 is 2. The highest BCUT2D eigenvalue weighted by molar-refractivity contribution is 9.10. The second-order valence-corrected chi connectivity index (χ2v) is 8.04. The van der Waals surface area contributed by atoms with Gasteiger partial charge in [-0.05, 0) is 48.5 Å². The van der Waals surface area contributed by atoms with E-state index >= 15 is 0 Å². The van der Waals surface area contributed by atoms with Crippen LogP contribution in [-0.4, -0.2) is 20.2 Å². The average Bonchev–Trinajstić information content (AvgIpc) is 2.83. The van der Waals surface area contributed by atoms with Crippen LogP contribution < -0.4 is 24.7 Å². The van der Waals surface area contributed by atoms with Crippen molar-refractivity contribution < 1.29 is 23.7 Å². The van der Waals surface area contributed by atoms with E-state index in [9.17, 15) is 10.1 Å². The molecule has 0 aromatic heterocycles. The minimum absolute atomic E-state index is 0.0179. The molecule has 0 saturated heterocycles. The number of halogens is 1. The largest absolute Gasteiger partial charge is 0.497 e. The van der Waals surface area contributed by atoms with E-state index in [4.69, 9.17) is 24.7 Å². The molecule has 1 atom stereocenters. The minimum atomic E-state index is -0.528. The molecular weight excluding hydrogens is 488 g/mol. The Balaban J connectivity index is 1.71. The van der Waals surface area contributed by atoms with Crippen molar-refractivity contribution in [1.82, 2.24) is 0 Å². The molecule has 2 N–H and O–H groups in total. The minimum Gasteiger partial charge on any atom is -0.497 e. The molecule has 0 bridgehead atoms. The maximum Gasteiger partial charge on any atom is 0.343 e. The summed E-state index contributed by atoms with van der Waals surface area (Å²) in [6.07, 6.45) is 0. The number of rotatable bonds is 5. The number of benzene rings is 3. The first-order chi connectivity index (χ1) is 15.9. The zero-order valence-electron chi connectivity index (χ0n) is 17.8. The monoisotopic (exact) mass is 506 g/mol. The SMILES string of the molecule is COc1ccc(C(=O)Oc2ccc3c(c2)OC(N)=C(C#N)C3c2cc(Br)ccc2OC)cc1. The Morgan fingerprint density at radius 2 is 1.73 bits per heavy atom. The zero-order valence-corrected chi connectivity index (χ0v) is 19.4. The van der Waals surface area contributed by atoms with E-state index in [0.717, 1.165) is 10.0 Å². The summed E-state index contributed by atoms with van der Waals surface area (Å²) in [5.74, 6) is 0.847. The van der Waals surface area contributed by atoms with Gasteiger partial charge >= 0.3 is 5.97 Å². The number of hydrogen-bond donors (Lipinski definition) is 1. The van der Waals surface area contributed by atoms with Crippen molar-refractivity contribution in [1.29, 1.82) is 5.26 Å². The maximum atomic E-state index is 12.5. The molecule has 0 amide bonds. The number of carbonyl (C=O) groups excluding carboxylic acids is 1. The molecule has 0 fully saturated rings. The topological polar surface area (TPSA) is 104 Å². The van der Waals surface area contributed by atoms with Gasteiger partial charge in [-0.3, -0.25) is 0 Å². The maximum absolute atomic E-state index is 12.5. The first kappa shape index (κ1) is 22.2. The zero-order chi connectivity index (χ0) is 23.5. The van der Waals surface area contributed by atoms with Gasteiger partial charge in [0.15, 0.2) is 0 Å². The van der Waals surface area contributed by atoms with E-state index in [1.54, 1.807) is 56.7 Å². The van der Waals surface area contributed by atoms with Gasteiger partial charge in [0.25, 0.3) is 0 Å². The summed E-state index contributed by atoms with van der Waals surface area (Å²) in [6, 6.07) is 19.3. The normalized spacial score (nSPS) is 14.5. The third-order valence-electron chi connectivity index (χ3n) is 5.23. The van der Waals surface area contributed by atoms with Crippen LogP contribution in [0.25, 0.3) is 0 Å². The van der Waals surface area contributed by atoms with Crippen LogP contribution in [0.1, 0.15) is 27.4 Å². The predicted octanol–water partition coefficient (Wildman–Crippen LogP) is 4.90. The Hall–Kier alpha value is -3.96. The Labute approximate surface area is 199 Å². The Bertz CT molecular complexity index is 1300. The lowest BCUT2D eigenvalue weighted by molar-refractivity contribution is 0.0734. The van der Waals surface area contributed by atoms with Crippen molar-refractivity contribution >= 4 is 21.9 Å². The van der Waals surface area contributed by atoms with Crippen LogP contribution in [0.3, 0.4) is 0 Å². The standard InChI is InChI=1S/C25H19BrN2O5/c1-30-16-6-3-14(4-7-16)25(29)32-17-8-9-18-22(12-17)33-24(28)20(13-27)23(18)19-11-15(26)5-10-21(19)31-2/h3-12,23H,28H2,1-2H3. The lowest BCUT2D eigenvalue weighted by atomic mass is 9.83. The van der Waals surface area contributed by atoms with Crippen molar-refractivity contribution in [3.8, 4) is 29.1 Å². The van der Waals surface area contributed by atoms with Gasteiger partial charge in [-0.25, -0.2) is 4.79 Å². The molecule has 8 heteroatoms. The molecule has 0 saturated carbocycles. The number of fused-ring (bicyclic) bond motifs is 1. The second-order valence-electron chi connectivity index (χ2n) is 7.13. The smallest absolute Gasteiger partial charge is 0.343 e. The van der Waals surface area contributed by atoms with Gasteiger partial charge in [-0.15, -0.1) is 0 Å². The molecule has 3 aromatic carbocycles. The van der Waals surface area contributed by atoms with Crippen molar-refractivity contribution in [2.75, 3.05) is 14.2 Å². The molecule has 1 aliphatic rings. The Morgan fingerprint density at radius 3 is 2.39 bits per heavy atom. The summed E-state index contributed by atoms with van der Waals surface area (Å²) in [6.45, 7) is 0. The lowest BCUT2D eigenvalue weighted by Crippen LogP contribution is -2.21. The molecule has 166 valence electrons. The fourth-order valence-electron chi connectivity index (χ4n) is 3.64. The molecule has 1 aliphatic heterocycles. The Kier molecular flexibility index (Phi) is 6.24. The van der Waals surface area contributed by atoms with E-state index in [-0.39, 0.29) is 17.2 Å². The van der Waals surface area contributed by atoms with Gasteiger partial charge in [0, 0.05) is 21.7 Å². The van der Waals surface area contributed by atoms with Crippen LogP contribution in [0.4, 0.5) is 0 Å². The highest BCUT2D eigenvalue weighted by Crippen LogP contribution is 2.46. The van der Waals surface area contributed by atoms with Crippen LogP contribution in [0.2, 0.25) is 0 Å². The second kappa shape index (κ2) is 9.27. The van der Waals surface area contributed by atoms with Crippen molar-refractivity contribution in [2.24, 2.45) is 5.73 Å². The van der Waals surface area contributed by atoms with Gasteiger partial charge in [-0.2, -0.15) is 5.26 Å². The highest BCUT2D eigenvalue weighted by Gasteiger charge is 2.33.